The number of hydrogen-bond donors (Lipinski definition) is 0. The van der Waals surface area contributed by atoms with E-state index in [1.54, 1.807) is 41.6 Å². The molecule has 2 heterocycles. The summed E-state index contributed by atoms with van der Waals surface area (Å²) in [7, 11) is 0. The number of hydrogen-bond acceptors (Lipinski definition) is 5. The van der Waals surface area contributed by atoms with Crippen molar-refractivity contribution in [3.05, 3.63) is 83.7 Å². The zero-order valence-electron chi connectivity index (χ0n) is 19.3. The van der Waals surface area contributed by atoms with Crippen LogP contribution in [0.2, 0.25) is 0 Å². The molecule has 3 aromatic rings. The molecule has 0 aliphatic carbocycles. The topological polar surface area (TPSA) is 54.9 Å². The van der Waals surface area contributed by atoms with E-state index in [-0.39, 0.29) is 5.91 Å². The molecule has 4 rings (SSSR count). The maximum Gasteiger partial charge on any atom is 0.416 e. The van der Waals surface area contributed by atoms with Crippen LogP contribution in [-0.4, -0.2) is 48.6 Å². The molecule has 0 spiro atoms. The van der Waals surface area contributed by atoms with Crippen LogP contribution < -0.4 is 14.4 Å². The first-order chi connectivity index (χ1) is 16.8. The second-order valence-corrected chi connectivity index (χ2v) is 8.07. The van der Waals surface area contributed by atoms with Crippen LogP contribution in [0.4, 0.5) is 18.9 Å². The first-order valence-electron chi connectivity index (χ1n) is 11.3. The van der Waals surface area contributed by atoms with Crippen LogP contribution in [0.5, 0.6) is 11.5 Å². The standard InChI is InChI=1S/C26H26F3N3O3/c1-2-34-24-16-20(6-7-23(24)35-18-19-8-10-30-11-9-19)25(33)32-14-12-31(13-15-32)22-5-3-4-21(17-22)26(27,28)29/h3-11,16-17H,2,12-15,18H2,1H3. The Morgan fingerprint density at radius 1 is 0.943 bits per heavy atom. The molecule has 1 amide bonds. The van der Waals surface area contributed by atoms with Crippen molar-refractivity contribution in [2.75, 3.05) is 37.7 Å². The van der Waals surface area contributed by atoms with E-state index in [4.69, 9.17) is 9.47 Å². The minimum Gasteiger partial charge on any atom is -0.490 e. The molecule has 0 radical (unpaired) electrons. The number of ether oxygens (including phenoxy) is 2. The minimum atomic E-state index is -4.39. The lowest BCUT2D eigenvalue weighted by atomic mass is 10.1. The third-order valence-corrected chi connectivity index (χ3v) is 5.74. The van der Waals surface area contributed by atoms with Crippen molar-refractivity contribution in [2.24, 2.45) is 0 Å². The molecule has 0 N–H and O–H groups in total. The van der Waals surface area contributed by atoms with E-state index in [9.17, 15) is 18.0 Å². The normalized spacial score (nSPS) is 14.1. The Balaban J connectivity index is 1.41. The molecule has 1 aromatic heterocycles. The Morgan fingerprint density at radius 3 is 2.37 bits per heavy atom. The summed E-state index contributed by atoms with van der Waals surface area (Å²) in [6.45, 7) is 4.30. The van der Waals surface area contributed by atoms with E-state index < -0.39 is 11.7 Å². The Morgan fingerprint density at radius 2 is 1.69 bits per heavy atom. The van der Waals surface area contributed by atoms with Crippen LogP contribution in [0.15, 0.2) is 67.0 Å². The van der Waals surface area contributed by atoms with Gasteiger partial charge in [-0.25, -0.2) is 0 Å². The monoisotopic (exact) mass is 485 g/mol. The highest BCUT2D eigenvalue weighted by atomic mass is 19.4. The lowest BCUT2D eigenvalue weighted by molar-refractivity contribution is -0.137. The van der Waals surface area contributed by atoms with Crippen molar-refractivity contribution in [1.82, 2.24) is 9.88 Å². The van der Waals surface area contributed by atoms with Gasteiger partial charge in [-0.1, -0.05) is 6.07 Å². The summed E-state index contributed by atoms with van der Waals surface area (Å²) < 4.78 is 50.7. The van der Waals surface area contributed by atoms with Crippen molar-refractivity contribution in [1.29, 1.82) is 0 Å². The Hall–Kier alpha value is -3.75. The van der Waals surface area contributed by atoms with Gasteiger partial charge < -0.3 is 19.3 Å². The number of anilines is 1. The predicted molar refractivity (Wildman–Crippen MR) is 126 cm³/mol. The fraction of sp³-hybridized carbons (Fsp3) is 0.308. The zero-order valence-corrected chi connectivity index (χ0v) is 19.3. The number of piperazine rings is 1. The van der Waals surface area contributed by atoms with E-state index in [0.717, 1.165) is 17.7 Å². The van der Waals surface area contributed by atoms with Gasteiger partial charge in [0.2, 0.25) is 0 Å². The average Bonchev–Trinajstić information content (AvgIpc) is 2.88. The van der Waals surface area contributed by atoms with Gasteiger partial charge in [0.25, 0.3) is 5.91 Å². The highest BCUT2D eigenvalue weighted by Gasteiger charge is 2.31. The van der Waals surface area contributed by atoms with E-state index in [1.807, 2.05) is 24.0 Å². The van der Waals surface area contributed by atoms with E-state index in [1.165, 1.54) is 6.07 Å². The van der Waals surface area contributed by atoms with Crippen molar-refractivity contribution in [3.63, 3.8) is 0 Å². The number of amides is 1. The number of nitrogens with zero attached hydrogens (tertiary/aromatic N) is 3. The molecule has 184 valence electrons. The van der Waals surface area contributed by atoms with Crippen LogP contribution >= 0.6 is 0 Å². The van der Waals surface area contributed by atoms with Gasteiger partial charge in [-0.3, -0.25) is 9.78 Å². The van der Waals surface area contributed by atoms with Crippen LogP contribution in [0.1, 0.15) is 28.4 Å². The molecule has 0 atom stereocenters. The maximum atomic E-state index is 13.1. The van der Waals surface area contributed by atoms with Crippen LogP contribution in [-0.2, 0) is 12.8 Å². The number of alkyl halides is 3. The molecule has 35 heavy (non-hydrogen) atoms. The van der Waals surface area contributed by atoms with E-state index in [0.29, 0.717) is 62.1 Å². The largest absolute Gasteiger partial charge is 0.490 e. The lowest BCUT2D eigenvalue weighted by Gasteiger charge is -2.36. The van der Waals surface area contributed by atoms with Gasteiger partial charge in [0, 0.05) is 49.8 Å². The van der Waals surface area contributed by atoms with Crippen molar-refractivity contribution in [2.45, 2.75) is 19.7 Å². The number of rotatable bonds is 7. The minimum absolute atomic E-state index is 0.157. The fourth-order valence-corrected chi connectivity index (χ4v) is 3.90. The Bertz CT molecular complexity index is 1150. The summed E-state index contributed by atoms with van der Waals surface area (Å²) in [6, 6.07) is 14.1. The number of pyridine rings is 1. The summed E-state index contributed by atoms with van der Waals surface area (Å²) in [5, 5.41) is 0. The van der Waals surface area contributed by atoms with Crippen LogP contribution in [0, 0.1) is 0 Å². The molecule has 6 nitrogen and oxygen atoms in total. The van der Waals surface area contributed by atoms with Crippen molar-refractivity contribution < 1.29 is 27.4 Å². The van der Waals surface area contributed by atoms with Crippen LogP contribution in [0.3, 0.4) is 0 Å². The molecule has 9 heteroatoms. The number of carbonyl (C=O) groups is 1. The third kappa shape index (κ3) is 6.03. The molecule has 0 unspecified atom stereocenters. The third-order valence-electron chi connectivity index (χ3n) is 5.74. The van der Waals surface area contributed by atoms with Crippen LogP contribution in [0.25, 0.3) is 0 Å². The number of carbonyl (C=O) groups excluding carboxylic acids is 1. The molecular weight excluding hydrogens is 459 g/mol. The summed E-state index contributed by atoms with van der Waals surface area (Å²) in [5.74, 6) is 0.861. The summed E-state index contributed by atoms with van der Waals surface area (Å²) >= 11 is 0. The van der Waals surface area contributed by atoms with Crippen molar-refractivity contribution in [3.8, 4) is 11.5 Å². The Labute approximate surface area is 201 Å². The molecule has 0 saturated carbocycles. The first-order valence-corrected chi connectivity index (χ1v) is 11.3. The summed E-state index contributed by atoms with van der Waals surface area (Å²) in [5.41, 5.74) is 1.25. The second-order valence-electron chi connectivity index (χ2n) is 8.07. The smallest absolute Gasteiger partial charge is 0.416 e. The Kier molecular flexibility index (Phi) is 7.43. The van der Waals surface area contributed by atoms with Gasteiger partial charge in [0.15, 0.2) is 11.5 Å². The van der Waals surface area contributed by atoms with E-state index >= 15 is 0 Å². The average molecular weight is 486 g/mol. The first kappa shape index (κ1) is 24.4. The number of aromatic nitrogens is 1. The molecule has 1 aliphatic rings. The lowest BCUT2D eigenvalue weighted by Crippen LogP contribution is -2.48. The maximum absolute atomic E-state index is 13.1. The second kappa shape index (κ2) is 10.7. The fourth-order valence-electron chi connectivity index (χ4n) is 3.90. The van der Waals surface area contributed by atoms with Gasteiger partial charge >= 0.3 is 6.18 Å². The molecule has 1 aliphatic heterocycles. The molecule has 0 bridgehead atoms. The van der Waals surface area contributed by atoms with Gasteiger partial charge in [-0.15, -0.1) is 0 Å². The van der Waals surface area contributed by atoms with Crippen molar-refractivity contribution >= 4 is 11.6 Å². The van der Waals surface area contributed by atoms with Gasteiger partial charge in [0.05, 0.1) is 12.2 Å². The summed E-state index contributed by atoms with van der Waals surface area (Å²) in [6.07, 6.45) is -1.01. The highest BCUT2D eigenvalue weighted by molar-refractivity contribution is 5.95. The molecular formula is C26H26F3N3O3. The highest BCUT2D eigenvalue weighted by Crippen LogP contribution is 2.32. The van der Waals surface area contributed by atoms with Gasteiger partial charge in [0.1, 0.15) is 6.61 Å². The van der Waals surface area contributed by atoms with E-state index in [2.05, 4.69) is 4.98 Å². The number of halogens is 3. The van der Waals surface area contributed by atoms with Gasteiger partial charge in [-0.05, 0) is 61.0 Å². The van der Waals surface area contributed by atoms with Gasteiger partial charge in [-0.2, -0.15) is 13.2 Å². The molecule has 2 aromatic carbocycles. The molecule has 1 fully saturated rings. The summed E-state index contributed by atoms with van der Waals surface area (Å²) in [4.78, 5) is 20.7. The quantitative estimate of drug-likeness (QED) is 0.469. The molecule has 1 saturated heterocycles. The number of benzene rings is 2. The SMILES string of the molecule is CCOc1cc(C(=O)N2CCN(c3cccc(C(F)(F)F)c3)CC2)ccc1OCc1ccncc1. The zero-order chi connectivity index (χ0) is 24.8. The predicted octanol–water partition coefficient (Wildman–Crippen LogP) is 5.04.